The highest BCUT2D eigenvalue weighted by molar-refractivity contribution is 5.95. The number of urea groups is 1. The van der Waals surface area contributed by atoms with Crippen LogP contribution in [0.25, 0.3) is 6.08 Å². The van der Waals surface area contributed by atoms with Crippen LogP contribution < -0.4 is 15.4 Å². The molecule has 1 unspecified atom stereocenters. The molecule has 2 N–H and O–H groups in total. The van der Waals surface area contributed by atoms with E-state index >= 15 is 0 Å². The summed E-state index contributed by atoms with van der Waals surface area (Å²) >= 11 is 0. The van der Waals surface area contributed by atoms with Crippen LogP contribution in [0.4, 0.5) is 4.79 Å². The average molecular weight is 378 g/mol. The van der Waals surface area contributed by atoms with E-state index in [1.807, 2.05) is 60.7 Å². The van der Waals surface area contributed by atoms with Crippen LogP contribution in [0.15, 0.2) is 71.9 Å². The lowest BCUT2D eigenvalue weighted by Gasteiger charge is -2.25. The fourth-order valence-electron chi connectivity index (χ4n) is 2.86. The van der Waals surface area contributed by atoms with E-state index in [9.17, 15) is 9.59 Å². The van der Waals surface area contributed by atoms with Gasteiger partial charge in [0.1, 0.15) is 12.4 Å². The largest absolute Gasteiger partial charge is 0.497 e. The molecule has 0 saturated carbocycles. The summed E-state index contributed by atoms with van der Waals surface area (Å²) in [4.78, 5) is 24.6. The second-order valence-electron chi connectivity index (χ2n) is 6.31. The molecule has 2 aromatic rings. The molecular weight excluding hydrogens is 356 g/mol. The van der Waals surface area contributed by atoms with Crippen LogP contribution in [0.3, 0.4) is 0 Å². The molecule has 0 fully saturated rings. The second-order valence-corrected chi connectivity index (χ2v) is 6.31. The van der Waals surface area contributed by atoms with Crippen LogP contribution in [-0.4, -0.2) is 25.2 Å². The Kier molecular flexibility index (Phi) is 6.11. The quantitative estimate of drug-likeness (QED) is 0.756. The lowest BCUT2D eigenvalue weighted by Crippen LogP contribution is -2.49. The van der Waals surface area contributed by atoms with Gasteiger partial charge in [0, 0.05) is 5.70 Å². The first kappa shape index (κ1) is 19.2. The summed E-state index contributed by atoms with van der Waals surface area (Å²) in [7, 11) is 1.59. The summed E-state index contributed by atoms with van der Waals surface area (Å²) in [6, 6.07) is 16.0. The third-order valence-corrected chi connectivity index (χ3v) is 4.33. The van der Waals surface area contributed by atoms with Gasteiger partial charge in [-0.3, -0.25) is 0 Å². The van der Waals surface area contributed by atoms with Gasteiger partial charge in [-0.1, -0.05) is 54.6 Å². The fraction of sp³-hybridized carbons (Fsp3) is 0.182. The molecule has 1 aliphatic heterocycles. The van der Waals surface area contributed by atoms with Gasteiger partial charge in [-0.15, -0.1) is 0 Å². The summed E-state index contributed by atoms with van der Waals surface area (Å²) in [5, 5.41) is 5.38. The van der Waals surface area contributed by atoms with E-state index in [-0.39, 0.29) is 12.6 Å². The maximum atomic E-state index is 12.7. The zero-order chi connectivity index (χ0) is 19.9. The van der Waals surface area contributed by atoms with Crippen molar-refractivity contribution in [2.45, 2.75) is 19.6 Å². The number of carbonyl (C=O) groups is 2. The topological polar surface area (TPSA) is 76.7 Å². The average Bonchev–Trinajstić information content (AvgIpc) is 2.71. The highest BCUT2D eigenvalue weighted by atomic mass is 16.5. The maximum absolute atomic E-state index is 12.7. The Balaban J connectivity index is 1.73. The first-order valence-corrected chi connectivity index (χ1v) is 8.88. The molecule has 2 amide bonds. The summed E-state index contributed by atoms with van der Waals surface area (Å²) < 4.78 is 10.6. The number of carbonyl (C=O) groups excluding carboxylic acids is 2. The third-order valence-electron chi connectivity index (χ3n) is 4.33. The normalized spacial score (nSPS) is 16.5. The van der Waals surface area contributed by atoms with Crippen molar-refractivity contribution >= 4 is 18.1 Å². The van der Waals surface area contributed by atoms with E-state index in [1.54, 1.807) is 20.1 Å². The van der Waals surface area contributed by atoms with Crippen LogP contribution in [0.5, 0.6) is 5.75 Å². The molecule has 144 valence electrons. The zero-order valence-corrected chi connectivity index (χ0v) is 15.8. The SMILES string of the molecule is COc1ccc(COC(=O)C2=C(C)NC(=O)NC2/C=C/c2ccccc2)cc1. The molecule has 3 rings (SSSR count). The van der Waals surface area contributed by atoms with E-state index in [2.05, 4.69) is 10.6 Å². The first-order valence-electron chi connectivity index (χ1n) is 8.88. The minimum Gasteiger partial charge on any atom is -0.497 e. The van der Waals surface area contributed by atoms with Gasteiger partial charge in [-0.05, 0) is 30.2 Å². The van der Waals surface area contributed by atoms with Gasteiger partial charge >= 0.3 is 12.0 Å². The van der Waals surface area contributed by atoms with E-state index in [4.69, 9.17) is 9.47 Å². The number of hydrogen-bond acceptors (Lipinski definition) is 4. The van der Waals surface area contributed by atoms with E-state index < -0.39 is 12.0 Å². The van der Waals surface area contributed by atoms with E-state index in [0.717, 1.165) is 16.9 Å². The Morgan fingerprint density at radius 3 is 2.50 bits per heavy atom. The molecule has 0 saturated heterocycles. The zero-order valence-electron chi connectivity index (χ0n) is 15.8. The molecule has 0 aromatic heterocycles. The summed E-state index contributed by atoms with van der Waals surface area (Å²) in [6.45, 7) is 1.81. The van der Waals surface area contributed by atoms with Crippen molar-refractivity contribution in [2.24, 2.45) is 0 Å². The number of allylic oxidation sites excluding steroid dienone is 1. The van der Waals surface area contributed by atoms with Gasteiger partial charge in [0.15, 0.2) is 0 Å². The standard InChI is InChI=1S/C22H22N2O4/c1-15-20(21(25)28-14-17-8-11-18(27-2)12-9-17)19(24-22(26)23-15)13-10-16-6-4-3-5-7-16/h3-13,19H,14H2,1-2H3,(H2,23,24,26)/b13-10+. The smallest absolute Gasteiger partial charge is 0.338 e. The molecule has 1 atom stereocenters. The molecule has 6 nitrogen and oxygen atoms in total. The highest BCUT2D eigenvalue weighted by Crippen LogP contribution is 2.18. The van der Waals surface area contributed by atoms with Crippen molar-refractivity contribution in [1.29, 1.82) is 0 Å². The molecule has 2 aromatic carbocycles. The van der Waals surface area contributed by atoms with Crippen LogP contribution in [0, 0.1) is 0 Å². The van der Waals surface area contributed by atoms with Crippen molar-refractivity contribution in [1.82, 2.24) is 10.6 Å². The predicted octanol–water partition coefficient (Wildman–Crippen LogP) is 3.41. The van der Waals surface area contributed by atoms with E-state index in [1.165, 1.54) is 0 Å². The number of hydrogen-bond donors (Lipinski definition) is 2. The second kappa shape index (κ2) is 8.90. The number of nitrogens with one attached hydrogen (secondary N) is 2. The summed E-state index contributed by atoms with van der Waals surface area (Å²) in [5.41, 5.74) is 2.67. The summed E-state index contributed by atoms with van der Waals surface area (Å²) in [5.74, 6) is 0.252. The molecule has 1 heterocycles. The number of esters is 1. The Bertz CT molecular complexity index is 902. The number of amides is 2. The fourth-order valence-corrected chi connectivity index (χ4v) is 2.86. The summed E-state index contributed by atoms with van der Waals surface area (Å²) in [6.07, 6.45) is 3.64. The Morgan fingerprint density at radius 1 is 1.11 bits per heavy atom. The Hall–Kier alpha value is -3.54. The van der Waals surface area contributed by atoms with Gasteiger partial charge in [-0.2, -0.15) is 0 Å². The molecule has 0 bridgehead atoms. The molecule has 0 aliphatic carbocycles. The van der Waals surface area contributed by atoms with Crippen LogP contribution in [0.2, 0.25) is 0 Å². The molecule has 0 radical (unpaired) electrons. The Morgan fingerprint density at radius 2 is 1.82 bits per heavy atom. The lowest BCUT2D eigenvalue weighted by molar-refractivity contribution is -0.140. The molecular formula is C22H22N2O4. The van der Waals surface area contributed by atoms with Gasteiger partial charge in [0.2, 0.25) is 0 Å². The number of methoxy groups -OCH3 is 1. The number of ether oxygens (including phenoxy) is 2. The van der Waals surface area contributed by atoms with E-state index in [0.29, 0.717) is 11.3 Å². The number of benzene rings is 2. The minimum absolute atomic E-state index is 0.128. The predicted molar refractivity (Wildman–Crippen MR) is 106 cm³/mol. The van der Waals surface area contributed by atoms with Crippen molar-refractivity contribution < 1.29 is 19.1 Å². The first-order chi connectivity index (χ1) is 13.6. The monoisotopic (exact) mass is 378 g/mol. The third kappa shape index (κ3) is 4.79. The lowest BCUT2D eigenvalue weighted by atomic mass is 10.0. The Labute approximate surface area is 163 Å². The molecule has 6 heteroatoms. The van der Waals surface area contributed by atoms with Crippen LogP contribution in [-0.2, 0) is 16.1 Å². The van der Waals surface area contributed by atoms with Gasteiger partial charge in [0.05, 0.1) is 18.7 Å². The van der Waals surface area contributed by atoms with Crippen molar-refractivity contribution in [2.75, 3.05) is 7.11 Å². The van der Waals surface area contributed by atoms with Crippen LogP contribution in [0.1, 0.15) is 18.1 Å². The van der Waals surface area contributed by atoms with Crippen molar-refractivity contribution in [3.8, 4) is 5.75 Å². The van der Waals surface area contributed by atoms with Crippen LogP contribution >= 0.6 is 0 Å². The van der Waals surface area contributed by atoms with Crippen molar-refractivity contribution in [3.05, 3.63) is 83.1 Å². The highest BCUT2D eigenvalue weighted by Gasteiger charge is 2.29. The molecule has 0 spiro atoms. The molecule has 28 heavy (non-hydrogen) atoms. The minimum atomic E-state index is -0.572. The van der Waals surface area contributed by atoms with Crippen molar-refractivity contribution in [3.63, 3.8) is 0 Å². The van der Waals surface area contributed by atoms with Gasteiger partial charge in [0.25, 0.3) is 0 Å². The van der Waals surface area contributed by atoms with Gasteiger partial charge in [-0.25, -0.2) is 9.59 Å². The number of rotatable bonds is 6. The van der Waals surface area contributed by atoms with Gasteiger partial charge < -0.3 is 20.1 Å². The molecule has 1 aliphatic rings. The maximum Gasteiger partial charge on any atom is 0.338 e.